The summed E-state index contributed by atoms with van der Waals surface area (Å²) in [7, 11) is 1.56. The van der Waals surface area contributed by atoms with Crippen LogP contribution in [-0.4, -0.2) is 29.0 Å². The minimum Gasteiger partial charge on any atom is -0.478 e. The lowest BCUT2D eigenvalue weighted by molar-refractivity contribution is 0.348. The first-order valence-corrected chi connectivity index (χ1v) is 9.26. The van der Waals surface area contributed by atoms with Gasteiger partial charge in [-0.3, -0.25) is 5.41 Å². The highest BCUT2D eigenvalue weighted by Crippen LogP contribution is 2.50. The Balaban J connectivity index is 1.81. The lowest BCUT2D eigenvalue weighted by atomic mass is 9.80. The molecule has 1 saturated carbocycles. The van der Waals surface area contributed by atoms with E-state index >= 15 is 0 Å². The number of nitrogens with one attached hydrogen (secondary N) is 2. The number of methoxy groups -OCH3 is 1. The molecule has 2 heterocycles. The summed E-state index contributed by atoms with van der Waals surface area (Å²) in [6, 6.07) is 4.86. The molecule has 0 bridgehead atoms. The Kier molecular flexibility index (Phi) is 4.45. The van der Waals surface area contributed by atoms with Gasteiger partial charge < -0.3 is 15.0 Å². The predicted molar refractivity (Wildman–Crippen MR) is 103 cm³/mol. The van der Waals surface area contributed by atoms with Crippen molar-refractivity contribution in [3.8, 4) is 5.88 Å². The third kappa shape index (κ3) is 3.11. The number of halogens is 1. The zero-order valence-electron chi connectivity index (χ0n) is 15.7. The maximum absolute atomic E-state index is 14.1. The van der Waals surface area contributed by atoms with E-state index in [1.54, 1.807) is 38.6 Å². The van der Waals surface area contributed by atoms with E-state index in [0.717, 1.165) is 24.1 Å². The fourth-order valence-electron chi connectivity index (χ4n) is 4.28. The normalized spacial score (nSPS) is 24.3. The van der Waals surface area contributed by atoms with Gasteiger partial charge in [-0.1, -0.05) is 6.92 Å². The average molecular weight is 369 g/mol. The first-order chi connectivity index (χ1) is 13.0. The summed E-state index contributed by atoms with van der Waals surface area (Å²) in [5, 5.41) is 11.8. The third-order valence-corrected chi connectivity index (χ3v) is 5.56. The molecule has 2 aromatic rings. The lowest BCUT2D eigenvalue weighted by Crippen LogP contribution is -2.51. The molecule has 2 aliphatic rings. The topological polar surface area (TPSA) is 74.1 Å². The summed E-state index contributed by atoms with van der Waals surface area (Å²) in [5.41, 5.74) is 1.72. The van der Waals surface area contributed by atoms with Crippen LogP contribution in [0.4, 0.5) is 15.9 Å². The summed E-state index contributed by atoms with van der Waals surface area (Å²) in [6.07, 6.45) is 5.51. The average Bonchev–Trinajstić information content (AvgIpc) is 3.48. The van der Waals surface area contributed by atoms with Crippen molar-refractivity contribution < 1.29 is 9.13 Å². The zero-order valence-corrected chi connectivity index (χ0v) is 15.7. The van der Waals surface area contributed by atoms with Crippen LogP contribution in [0.25, 0.3) is 0 Å². The van der Waals surface area contributed by atoms with Gasteiger partial charge in [0.05, 0.1) is 19.0 Å². The van der Waals surface area contributed by atoms with Gasteiger partial charge in [0, 0.05) is 35.6 Å². The molecule has 1 aromatic carbocycles. The lowest BCUT2D eigenvalue weighted by Gasteiger charge is -2.46. The van der Waals surface area contributed by atoms with E-state index in [1.807, 2.05) is 0 Å². The van der Waals surface area contributed by atoms with Gasteiger partial charge in [-0.2, -0.15) is 0 Å². The molecular formula is C20H24FN5O. The first-order valence-electron chi connectivity index (χ1n) is 9.26. The van der Waals surface area contributed by atoms with Gasteiger partial charge in [0.1, 0.15) is 5.82 Å². The highest BCUT2D eigenvalue weighted by Gasteiger charge is 2.47. The van der Waals surface area contributed by atoms with E-state index in [4.69, 9.17) is 10.1 Å². The van der Waals surface area contributed by atoms with Crippen molar-refractivity contribution in [2.45, 2.75) is 38.8 Å². The number of nitrogens with zero attached hydrogens (tertiary/aromatic N) is 3. The molecule has 1 aromatic heterocycles. The number of hydrogen-bond acceptors (Lipinski definition) is 5. The van der Waals surface area contributed by atoms with Gasteiger partial charge in [-0.25, -0.2) is 14.4 Å². The number of rotatable bonds is 4. The van der Waals surface area contributed by atoms with Crippen LogP contribution in [0.2, 0.25) is 0 Å². The highest BCUT2D eigenvalue weighted by molar-refractivity contribution is 5.96. The maximum atomic E-state index is 14.1. The van der Waals surface area contributed by atoms with E-state index < -0.39 is 0 Å². The smallest absolute Gasteiger partial charge is 0.257 e. The van der Waals surface area contributed by atoms with Crippen LogP contribution in [0, 0.1) is 23.1 Å². The van der Waals surface area contributed by atoms with E-state index in [0.29, 0.717) is 23.5 Å². The van der Waals surface area contributed by atoms with Gasteiger partial charge in [-0.05, 0) is 43.9 Å². The molecular weight excluding hydrogens is 345 g/mol. The molecule has 0 unspecified atom stereocenters. The number of benzene rings is 1. The van der Waals surface area contributed by atoms with Crippen LogP contribution in [0.5, 0.6) is 5.88 Å². The summed E-state index contributed by atoms with van der Waals surface area (Å²) in [6.45, 7) is 3.96. The number of anilines is 2. The zero-order chi connectivity index (χ0) is 19.1. The van der Waals surface area contributed by atoms with Crippen LogP contribution < -0.4 is 15.0 Å². The molecule has 0 radical (unpaired) electrons. The van der Waals surface area contributed by atoms with Gasteiger partial charge in [0.2, 0.25) is 0 Å². The van der Waals surface area contributed by atoms with Crippen LogP contribution in [0.1, 0.15) is 38.3 Å². The Labute approximate surface area is 158 Å². The second kappa shape index (κ2) is 6.79. The second-order valence-electron chi connectivity index (χ2n) is 7.38. The van der Waals surface area contributed by atoms with Gasteiger partial charge in [-0.15, -0.1) is 0 Å². The van der Waals surface area contributed by atoms with Gasteiger partial charge in [0.25, 0.3) is 5.88 Å². The molecule has 0 amide bonds. The fraction of sp³-hybridized carbons (Fsp3) is 0.450. The summed E-state index contributed by atoms with van der Waals surface area (Å²) in [4.78, 5) is 10.6. The predicted octanol–water partition coefficient (Wildman–Crippen LogP) is 4.01. The van der Waals surface area contributed by atoms with Crippen LogP contribution in [0.3, 0.4) is 0 Å². The van der Waals surface area contributed by atoms with Crippen molar-refractivity contribution in [1.82, 2.24) is 9.97 Å². The minimum absolute atomic E-state index is 0.150. The number of fused-ring (bicyclic) bond motifs is 1. The van der Waals surface area contributed by atoms with Crippen molar-refractivity contribution in [3.05, 3.63) is 42.0 Å². The van der Waals surface area contributed by atoms with Crippen LogP contribution in [0.15, 0.2) is 30.6 Å². The molecule has 142 valence electrons. The second-order valence-corrected chi connectivity index (χ2v) is 7.38. The van der Waals surface area contributed by atoms with E-state index in [-0.39, 0.29) is 23.8 Å². The molecule has 1 aliphatic heterocycles. The van der Waals surface area contributed by atoms with Crippen molar-refractivity contribution in [1.29, 1.82) is 5.41 Å². The summed E-state index contributed by atoms with van der Waals surface area (Å²) in [5.74, 6) is 1.86. The molecule has 4 rings (SSSR count). The molecule has 1 fully saturated rings. The van der Waals surface area contributed by atoms with Crippen LogP contribution in [-0.2, 0) is 0 Å². The molecule has 6 nitrogen and oxygen atoms in total. The van der Waals surface area contributed by atoms with Crippen LogP contribution >= 0.6 is 0 Å². The monoisotopic (exact) mass is 369 g/mol. The minimum atomic E-state index is -0.286. The third-order valence-electron chi connectivity index (χ3n) is 5.56. The Morgan fingerprint density at radius 2 is 2.04 bits per heavy atom. The molecule has 1 aliphatic carbocycles. The molecule has 3 atom stereocenters. The largest absolute Gasteiger partial charge is 0.478 e. The van der Waals surface area contributed by atoms with E-state index in [1.165, 1.54) is 6.07 Å². The summed E-state index contributed by atoms with van der Waals surface area (Å²) < 4.78 is 19.4. The number of amidine groups is 1. The Bertz CT molecular complexity index is 869. The van der Waals surface area contributed by atoms with Crippen molar-refractivity contribution >= 4 is 17.3 Å². The van der Waals surface area contributed by atoms with Crippen molar-refractivity contribution in [2.75, 3.05) is 17.3 Å². The van der Waals surface area contributed by atoms with Crippen molar-refractivity contribution in [2.24, 2.45) is 11.8 Å². The quantitative estimate of drug-likeness (QED) is 0.629. The molecule has 0 saturated heterocycles. The highest BCUT2D eigenvalue weighted by atomic mass is 19.1. The number of ether oxygens (including phenoxy) is 1. The molecule has 0 spiro atoms. The standard InChI is InChI=1S/C20H24FN5O/c1-11-17(25-19-20(27-3)24-9-8-23-19)15-10-14(21)6-7-16(15)26(12(2)22)18(11)13-4-5-13/h6-11,13,17-18,22H,4-5H2,1-3H3,(H,23,25)/t11-,17-,18-/m1/s1. The first kappa shape index (κ1) is 17.7. The van der Waals surface area contributed by atoms with Crippen molar-refractivity contribution in [3.63, 3.8) is 0 Å². The Hall–Kier alpha value is -2.70. The molecule has 27 heavy (non-hydrogen) atoms. The number of aromatic nitrogens is 2. The Morgan fingerprint density at radius 3 is 2.70 bits per heavy atom. The Morgan fingerprint density at radius 1 is 1.30 bits per heavy atom. The van der Waals surface area contributed by atoms with E-state index in [9.17, 15) is 4.39 Å². The summed E-state index contributed by atoms with van der Waals surface area (Å²) >= 11 is 0. The number of hydrogen-bond donors (Lipinski definition) is 2. The SMILES string of the molecule is COc1nccnc1N[C@H]1c2cc(F)ccc2N(C(C)=N)[C@@H](C2CC2)[C@@H]1C. The van der Waals surface area contributed by atoms with Gasteiger partial charge in [0.15, 0.2) is 5.82 Å². The maximum Gasteiger partial charge on any atom is 0.257 e. The fourth-order valence-corrected chi connectivity index (χ4v) is 4.28. The van der Waals surface area contributed by atoms with Gasteiger partial charge >= 0.3 is 0 Å². The van der Waals surface area contributed by atoms with E-state index in [2.05, 4.69) is 27.1 Å². The molecule has 7 heteroatoms. The molecule has 2 N–H and O–H groups in total.